The molecule has 1 atom stereocenters. The average molecular weight is 471 g/mol. The number of fused-ring (bicyclic) bond motifs is 1. The lowest BCUT2D eigenvalue weighted by molar-refractivity contribution is -0.128. The van der Waals surface area contributed by atoms with Crippen molar-refractivity contribution in [2.45, 2.75) is 11.9 Å². The third-order valence-corrected chi connectivity index (χ3v) is 7.15. The molecule has 1 aromatic heterocycles. The number of aromatic nitrogens is 1. The standard InChI is InChI=1S/C26H22N4O3S/c1-29-21-10-6-5-9-20(21)23(25(29)33)27-28-24(32)18-11-13-19(14-12-18)26-30(22(31)16-34-26)15-17-7-3-2-4-8-17/h2-14,26,33H,15-16H2,1H3/t26-/m1/s1. The van der Waals surface area contributed by atoms with E-state index in [2.05, 4.69) is 10.2 Å². The van der Waals surface area contributed by atoms with Gasteiger partial charge in [0.25, 0.3) is 5.91 Å². The van der Waals surface area contributed by atoms with E-state index in [1.165, 1.54) is 0 Å². The van der Waals surface area contributed by atoms with Crippen LogP contribution in [0.4, 0.5) is 5.69 Å². The van der Waals surface area contributed by atoms with E-state index in [9.17, 15) is 14.7 Å². The molecule has 170 valence electrons. The van der Waals surface area contributed by atoms with Crippen LogP contribution in [0.25, 0.3) is 10.9 Å². The number of aromatic hydroxyl groups is 1. The van der Waals surface area contributed by atoms with E-state index in [0.29, 0.717) is 17.9 Å². The molecule has 0 unspecified atom stereocenters. The summed E-state index contributed by atoms with van der Waals surface area (Å²) in [7, 11) is 1.73. The first-order valence-electron chi connectivity index (χ1n) is 10.8. The molecule has 5 rings (SSSR count). The van der Waals surface area contributed by atoms with Crippen molar-refractivity contribution in [3.63, 3.8) is 0 Å². The predicted octanol–water partition coefficient (Wildman–Crippen LogP) is 5.58. The highest BCUT2D eigenvalue weighted by Crippen LogP contribution is 2.40. The topological polar surface area (TPSA) is 87.3 Å². The monoisotopic (exact) mass is 470 g/mol. The van der Waals surface area contributed by atoms with Gasteiger partial charge in [-0.05, 0) is 29.3 Å². The zero-order chi connectivity index (χ0) is 23.7. The molecule has 2 heterocycles. The smallest absolute Gasteiger partial charge is 0.295 e. The van der Waals surface area contributed by atoms with E-state index in [-0.39, 0.29) is 22.8 Å². The van der Waals surface area contributed by atoms with Crippen molar-refractivity contribution in [3.05, 3.63) is 95.6 Å². The number of benzene rings is 3. The number of carbonyl (C=O) groups excluding carboxylic acids is 2. The van der Waals surface area contributed by atoms with Gasteiger partial charge >= 0.3 is 0 Å². The van der Waals surface area contributed by atoms with Crippen LogP contribution in [0.5, 0.6) is 5.88 Å². The van der Waals surface area contributed by atoms with Crippen molar-refractivity contribution >= 4 is 40.2 Å². The van der Waals surface area contributed by atoms with Crippen LogP contribution in [-0.4, -0.2) is 32.1 Å². The van der Waals surface area contributed by atoms with E-state index < -0.39 is 5.91 Å². The highest BCUT2D eigenvalue weighted by Gasteiger charge is 2.32. The number of nitrogens with zero attached hydrogens (tertiary/aromatic N) is 4. The quantitative estimate of drug-likeness (QED) is 0.386. The first-order valence-corrected chi connectivity index (χ1v) is 11.8. The van der Waals surface area contributed by atoms with Crippen molar-refractivity contribution in [1.82, 2.24) is 9.47 Å². The Morgan fingerprint density at radius 2 is 1.74 bits per heavy atom. The molecule has 7 nitrogen and oxygen atoms in total. The minimum absolute atomic E-state index is 0.0467. The molecule has 1 N–H and O–H groups in total. The SMILES string of the molecule is Cn1c(O)c(N=NC(=O)c2ccc([C@H]3SCC(=O)N3Cc3ccccc3)cc2)c2ccccc21. The summed E-state index contributed by atoms with van der Waals surface area (Å²) in [5, 5.41) is 18.9. The minimum Gasteiger partial charge on any atom is -0.493 e. The summed E-state index contributed by atoms with van der Waals surface area (Å²) in [5.41, 5.74) is 3.48. The first kappa shape index (κ1) is 21.9. The van der Waals surface area contributed by atoms with Gasteiger partial charge in [-0.15, -0.1) is 22.0 Å². The second-order valence-electron chi connectivity index (χ2n) is 8.05. The number of aryl methyl sites for hydroxylation is 1. The van der Waals surface area contributed by atoms with Gasteiger partial charge in [-0.25, -0.2) is 0 Å². The molecule has 3 aromatic carbocycles. The molecule has 1 fully saturated rings. The lowest BCUT2D eigenvalue weighted by atomic mass is 10.1. The summed E-state index contributed by atoms with van der Waals surface area (Å²) in [6.45, 7) is 0.542. The maximum atomic E-state index is 12.6. The highest BCUT2D eigenvalue weighted by molar-refractivity contribution is 8.00. The fourth-order valence-corrected chi connectivity index (χ4v) is 5.27. The Balaban J connectivity index is 1.34. The number of hydrogen-bond donors (Lipinski definition) is 1. The number of rotatable bonds is 5. The number of carbonyl (C=O) groups is 2. The number of hydrogen-bond acceptors (Lipinski definition) is 5. The number of para-hydroxylation sites is 1. The molecule has 0 saturated carbocycles. The van der Waals surface area contributed by atoms with Gasteiger partial charge in [-0.2, -0.15) is 0 Å². The van der Waals surface area contributed by atoms with Gasteiger partial charge in [-0.3, -0.25) is 9.59 Å². The molecule has 1 aliphatic rings. The number of azo groups is 1. The fourth-order valence-electron chi connectivity index (χ4n) is 4.08. The third kappa shape index (κ3) is 4.08. The second-order valence-corrected chi connectivity index (χ2v) is 9.11. The Morgan fingerprint density at radius 1 is 1.03 bits per heavy atom. The van der Waals surface area contributed by atoms with E-state index in [1.54, 1.807) is 35.5 Å². The molecule has 0 radical (unpaired) electrons. The molecule has 4 aromatic rings. The van der Waals surface area contributed by atoms with Crippen molar-refractivity contribution < 1.29 is 14.7 Å². The van der Waals surface area contributed by atoms with E-state index >= 15 is 0 Å². The summed E-state index contributed by atoms with van der Waals surface area (Å²) in [6, 6.07) is 24.4. The van der Waals surface area contributed by atoms with Gasteiger partial charge in [0.15, 0.2) is 5.69 Å². The maximum Gasteiger partial charge on any atom is 0.295 e. The van der Waals surface area contributed by atoms with Crippen LogP contribution in [-0.2, 0) is 18.4 Å². The van der Waals surface area contributed by atoms with Crippen LogP contribution in [0.2, 0.25) is 0 Å². The van der Waals surface area contributed by atoms with E-state index in [1.807, 2.05) is 71.6 Å². The molecule has 34 heavy (non-hydrogen) atoms. The Morgan fingerprint density at radius 3 is 2.50 bits per heavy atom. The third-order valence-electron chi connectivity index (χ3n) is 5.90. The molecule has 0 bridgehead atoms. The first-order chi connectivity index (χ1) is 16.5. The Hall–Kier alpha value is -3.91. The lowest BCUT2D eigenvalue weighted by Gasteiger charge is -2.24. The highest BCUT2D eigenvalue weighted by atomic mass is 32.2. The van der Waals surface area contributed by atoms with E-state index in [0.717, 1.165) is 22.0 Å². The Kier molecular flexibility index (Phi) is 5.90. The van der Waals surface area contributed by atoms with Crippen LogP contribution in [0.1, 0.15) is 26.9 Å². The van der Waals surface area contributed by atoms with Crippen molar-refractivity contribution in [1.29, 1.82) is 0 Å². The number of amides is 2. The molecule has 0 spiro atoms. The Bertz CT molecular complexity index is 1400. The lowest BCUT2D eigenvalue weighted by Crippen LogP contribution is -2.27. The van der Waals surface area contributed by atoms with Gasteiger partial charge in [0.05, 0.1) is 11.3 Å². The van der Waals surface area contributed by atoms with Crippen LogP contribution in [0.15, 0.2) is 89.1 Å². The molecular formula is C26H22N4O3S. The van der Waals surface area contributed by atoms with Crippen molar-refractivity contribution in [3.8, 4) is 5.88 Å². The van der Waals surface area contributed by atoms with Crippen molar-refractivity contribution in [2.75, 3.05) is 5.75 Å². The molecular weight excluding hydrogens is 448 g/mol. The zero-order valence-corrected chi connectivity index (χ0v) is 19.3. The molecule has 8 heteroatoms. The molecule has 1 aliphatic heterocycles. The van der Waals surface area contributed by atoms with Crippen LogP contribution in [0.3, 0.4) is 0 Å². The van der Waals surface area contributed by atoms with Gasteiger partial charge in [-0.1, -0.05) is 60.7 Å². The van der Waals surface area contributed by atoms with Gasteiger partial charge in [0, 0.05) is 24.5 Å². The van der Waals surface area contributed by atoms with Crippen LogP contribution in [0, 0.1) is 0 Å². The fraction of sp³-hybridized carbons (Fsp3) is 0.154. The summed E-state index contributed by atoms with van der Waals surface area (Å²) < 4.78 is 1.60. The molecule has 1 saturated heterocycles. The van der Waals surface area contributed by atoms with Gasteiger partial charge in [0.1, 0.15) is 5.37 Å². The largest absolute Gasteiger partial charge is 0.493 e. The van der Waals surface area contributed by atoms with Crippen molar-refractivity contribution in [2.24, 2.45) is 17.3 Å². The summed E-state index contributed by atoms with van der Waals surface area (Å²) in [5.74, 6) is -0.0200. The predicted molar refractivity (Wildman–Crippen MR) is 132 cm³/mol. The van der Waals surface area contributed by atoms with Crippen LogP contribution < -0.4 is 0 Å². The molecule has 2 amide bonds. The normalized spacial score (nSPS) is 16.1. The average Bonchev–Trinajstić information content (AvgIpc) is 3.35. The molecule has 0 aliphatic carbocycles. The number of thioether (sulfide) groups is 1. The second kappa shape index (κ2) is 9.15. The van der Waals surface area contributed by atoms with Gasteiger partial charge in [0.2, 0.25) is 11.8 Å². The van der Waals surface area contributed by atoms with E-state index in [4.69, 9.17) is 0 Å². The Labute approximate surface area is 200 Å². The summed E-state index contributed by atoms with van der Waals surface area (Å²) >= 11 is 1.58. The summed E-state index contributed by atoms with van der Waals surface area (Å²) in [4.78, 5) is 27.0. The minimum atomic E-state index is -0.504. The van der Waals surface area contributed by atoms with Gasteiger partial charge < -0.3 is 14.6 Å². The summed E-state index contributed by atoms with van der Waals surface area (Å²) in [6.07, 6.45) is 0. The maximum absolute atomic E-state index is 12.6. The van der Waals surface area contributed by atoms with Crippen LogP contribution >= 0.6 is 11.8 Å². The zero-order valence-electron chi connectivity index (χ0n) is 18.5.